The van der Waals surface area contributed by atoms with E-state index in [2.05, 4.69) is 96.9 Å². The lowest BCUT2D eigenvalue weighted by atomic mass is 9.76. The van der Waals surface area contributed by atoms with E-state index in [1.807, 2.05) is 0 Å². The first-order chi connectivity index (χ1) is 16.4. The molecule has 1 aliphatic carbocycles. The lowest BCUT2D eigenvalue weighted by molar-refractivity contribution is -0.137. The van der Waals surface area contributed by atoms with Crippen LogP contribution in [0.4, 0.5) is 0 Å². The summed E-state index contributed by atoms with van der Waals surface area (Å²) >= 11 is 0. The molecule has 0 bridgehead atoms. The first-order valence-corrected chi connectivity index (χ1v) is 14.7. The molecule has 6 heteroatoms. The van der Waals surface area contributed by atoms with Gasteiger partial charge in [0.25, 0.3) is 0 Å². The molecule has 0 spiro atoms. The van der Waals surface area contributed by atoms with Gasteiger partial charge in [0.05, 0.1) is 36.6 Å². The Morgan fingerprint density at radius 3 is 1.62 bits per heavy atom. The average molecular weight is 528 g/mol. The third kappa shape index (κ3) is 10.3. The Morgan fingerprint density at radius 1 is 0.784 bits per heavy atom. The van der Waals surface area contributed by atoms with Crippen LogP contribution in [0.3, 0.4) is 0 Å². The van der Waals surface area contributed by atoms with Crippen LogP contribution >= 0.6 is 0 Å². The van der Waals surface area contributed by atoms with E-state index >= 15 is 0 Å². The van der Waals surface area contributed by atoms with Gasteiger partial charge in [-0.25, -0.2) is 0 Å². The maximum atomic E-state index is 6.67. The molecular formula is C31H65N3O3. The highest BCUT2D eigenvalue weighted by atomic mass is 16.5. The number of hydrogen-bond donors (Lipinski definition) is 3. The van der Waals surface area contributed by atoms with Crippen LogP contribution in [0.15, 0.2) is 0 Å². The predicted octanol–water partition coefficient (Wildman–Crippen LogP) is 5.89. The minimum Gasteiger partial charge on any atom is -0.375 e. The van der Waals surface area contributed by atoms with E-state index in [4.69, 9.17) is 31.4 Å². The van der Waals surface area contributed by atoms with E-state index < -0.39 is 0 Å². The summed E-state index contributed by atoms with van der Waals surface area (Å²) in [6, 6.07) is 0. The first-order valence-electron chi connectivity index (χ1n) is 14.7. The maximum Gasteiger partial charge on any atom is 0.0656 e. The Morgan fingerprint density at radius 2 is 1.22 bits per heavy atom. The van der Waals surface area contributed by atoms with Crippen LogP contribution in [0.25, 0.3) is 0 Å². The Labute approximate surface area is 230 Å². The molecule has 222 valence electrons. The molecule has 37 heavy (non-hydrogen) atoms. The number of ether oxygens (including phenoxy) is 3. The lowest BCUT2D eigenvalue weighted by Crippen LogP contribution is -2.48. The Balaban J connectivity index is 3.03. The summed E-state index contributed by atoms with van der Waals surface area (Å²) in [5, 5.41) is 0. The molecule has 0 saturated heterocycles. The minimum atomic E-state index is -0.382. The maximum absolute atomic E-state index is 6.67. The monoisotopic (exact) mass is 528 g/mol. The van der Waals surface area contributed by atoms with Gasteiger partial charge in [0, 0.05) is 22.5 Å². The van der Waals surface area contributed by atoms with Crippen molar-refractivity contribution in [2.45, 2.75) is 150 Å². The Bertz CT molecular complexity index is 679. The van der Waals surface area contributed by atoms with Crippen molar-refractivity contribution in [1.29, 1.82) is 0 Å². The smallest absolute Gasteiger partial charge is 0.0656 e. The van der Waals surface area contributed by atoms with Crippen LogP contribution in [-0.4, -0.2) is 53.2 Å². The number of hydrogen-bond acceptors (Lipinski definition) is 6. The quantitative estimate of drug-likeness (QED) is 0.218. The van der Waals surface area contributed by atoms with E-state index in [1.54, 1.807) is 0 Å². The Hall–Kier alpha value is -0.240. The molecular weight excluding hydrogens is 462 g/mol. The van der Waals surface area contributed by atoms with E-state index in [9.17, 15) is 0 Å². The second-order valence-electron chi connectivity index (χ2n) is 15.4. The molecule has 0 aromatic heterocycles. The fourth-order valence-corrected chi connectivity index (χ4v) is 4.93. The zero-order valence-electron chi connectivity index (χ0n) is 27.1. The summed E-state index contributed by atoms with van der Waals surface area (Å²) in [4.78, 5) is 0. The second kappa shape index (κ2) is 12.1. The van der Waals surface area contributed by atoms with E-state index in [1.165, 1.54) is 0 Å². The van der Waals surface area contributed by atoms with Gasteiger partial charge in [-0.2, -0.15) is 0 Å². The molecule has 0 aromatic carbocycles. The fourth-order valence-electron chi connectivity index (χ4n) is 4.93. The van der Waals surface area contributed by atoms with Gasteiger partial charge in [-0.3, -0.25) is 0 Å². The number of nitrogens with two attached hydrogens (primary N) is 3. The van der Waals surface area contributed by atoms with Crippen molar-refractivity contribution in [3.05, 3.63) is 0 Å². The van der Waals surface area contributed by atoms with Crippen molar-refractivity contribution < 1.29 is 14.2 Å². The summed E-state index contributed by atoms with van der Waals surface area (Å²) in [7, 11) is 0. The minimum absolute atomic E-state index is 0.120. The van der Waals surface area contributed by atoms with Gasteiger partial charge in [0.2, 0.25) is 0 Å². The summed E-state index contributed by atoms with van der Waals surface area (Å²) in [6.45, 7) is 32.2. The van der Waals surface area contributed by atoms with Crippen molar-refractivity contribution in [3.63, 3.8) is 0 Å². The average Bonchev–Trinajstić information content (AvgIpc) is 3.22. The molecule has 0 aromatic rings. The molecule has 1 rings (SSSR count). The fraction of sp³-hybridized carbons (Fsp3) is 1.00. The van der Waals surface area contributed by atoms with Gasteiger partial charge in [0.15, 0.2) is 0 Å². The van der Waals surface area contributed by atoms with Gasteiger partial charge >= 0.3 is 0 Å². The highest BCUT2D eigenvalue weighted by Gasteiger charge is 2.56. The van der Waals surface area contributed by atoms with Crippen LogP contribution in [-0.2, 0) is 14.2 Å². The highest BCUT2D eigenvalue weighted by Crippen LogP contribution is 2.48. The molecule has 7 unspecified atom stereocenters. The standard InChI is InChI=1S/C31H65N3O3/c1-15-30(13,33)22(3)19-37-29(11,12)24(16-26(5,6)35-18-21(2)28(9,10)32)17-27(7,8)36-20-25-23(4)31(25,14)34/h21-25H,15-20,32-34H2,1-14H3. The largest absolute Gasteiger partial charge is 0.375 e. The molecule has 6 N–H and O–H groups in total. The molecule has 0 heterocycles. The zero-order chi connectivity index (χ0) is 29.3. The lowest BCUT2D eigenvalue weighted by Gasteiger charge is -2.44. The van der Waals surface area contributed by atoms with Gasteiger partial charge in [0.1, 0.15) is 0 Å². The molecule has 6 nitrogen and oxygen atoms in total. The van der Waals surface area contributed by atoms with E-state index in [0.717, 1.165) is 19.3 Å². The molecule has 1 aliphatic rings. The summed E-state index contributed by atoms with van der Waals surface area (Å²) in [5.74, 6) is 1.60. The van der Waals surface area contributed by atoms with Gasteiger partial charge in [-0.1, -0.05) is 27.7 Å². The van der Waals surface area contributed by atoms with Crippen molar-refractivity contribution >= 4 is 0 Å². The van der Waals surface area contributed by atoms with Gasteiger partial charge < -0.3 is 31.4 Å². The van der Waals surface area contributed by atoms with Gasteiger partial charge in [-0.15, -0.1) is 0 Å². The van der Waals surface area contributed by atoms with Crippen LogP contribution < -0.4 is 17.2 Å². The topological polar surface area (TPSA) is 106 Å². The molecule has 1 saturated carbocycles. The SMILES string of the molecule is CCC(C)(N)C(C)COC(C)(C)C(CC(C)(C)OCC(C)C(C)(C)N)CC(C)(C)OCC1C(C)C1(C)N. The van der Waals surface area contributed by atoms with Crippen molar-refractivity contribution in [2.75, 3.05) is 19.8 Å². The van der Waals surface area contributed by atoms with Crippen LogP contribution in [0, 0.1) is 29.6 Å². The summed E-state index contributed by atoms with van der Waals surface area (Å²) < 4.78 is 19.7. The first kappa shape index (κ1) is 34.8. The molecule has 1 fully saturated rings. The third-order valence-electron chi connectivity index (χ3n) is 9.97. The second-order valence-corrected chi connectivity index (χ2v) is 15.4. The third-order valence-corrected chi connectivity index (χ3v) is 9.97. The zero-order valence-corrected chi connectivity index (χ0v) is 27.1. The van der Waals surface area contributed by atoms with E-state index in [-0.39, 0.29) is 51.2 Å². The normalized spacial score (nSPS) is 27.5. The van der Waals surface area contributed by atoms with E-state index in [0.29, 0.717) is 31.7 Å². The van der Waals surface area contributed by atoms with Crippen LogP contribution in [0.5, 0.6) is 0 Å². The molecule has 0 aliphatic heterocycles. The van der Waals surface area contributed by atoms with Gasteiger partial charge in [-0.05, 0) is 112 Å². The van der Waals surface area contributed by atoms with Crippen LogP contribution in [0.1, 0.15) is 116 Å². The molecule has 7 atom stereocenters. The summed E-state index contributed by atoms with van der Waals surface area (Å²) in [6.07, 6.45) is 2.62. The number of rotatable bonds is 17. The van der Waals surface area contributed by atoms with Crippen molar-refractivity contribution in [3.8, 4) is 0 Å². The Kier molecular flexibility index (Phi) is 11.4. The predicted molar refractivity (Wildman–Crippen MR) is 158 cm³/mol. The highest BCUT2D eigenvalue weighted by molar-refractivity contribution is 5.10. The van der Waals surface area contributed by atoms with Crippen LogP contribution in [0.2, 0.25) is 0 Å². The molecule has 0 amide bonds. The van der Waals surface area contributed by atoms with Crippen molar-refractivity contribution in [2.24, 2.45) is 46.8 Å². The summed E-state index contributed by atoms with van der Waals surface area (Å²) in [5.41, 5.74) is 17.6. The molecule has 0 radical (unpaired) electrons. The van der Waals surface area contributed by atoms with Crippen molar-refractivity contribution in [1.82, 2.24) is 0 Å².